The lowest BCUT2D eigenvalue weighted by atomic mass is 9.98. The third-order valence-corrected chi connectivity index (χ3v) is 10.2. The van der Waals surface area contributed by atoms with Gasteiger partial charge < -0.3 is 4.90 Å². The molecule has 0 amide bonds. The minimum Gasteiger partial charge on any atom is -0.311 e. The second-order valence-electron chi connectivity index (χ2n) is 12.0. The van der Waals surface area contributed by atoms with Crippen LogP contribution in [0, 0.1) is 0 Å². The Morgan fingerprint density at radius 1 is 0.396 bits per heavy atom. The molecule has 7 aromatic carbocycles. The highest BCUT2D eigenvalue weighted by atomic mass is 32.1. The molecule has 0 fully saturated rings. The summed E-state index contributed by atoms with van der Waals surface area (Å²) in [5.74, 6) is 0. The van der Waals surface area contributed by atoms with Crippen molar-refractivity contribution in [2.75, 3.05) is 4.90 Å². The van der Waals surface area contributed by atoms with Crippen LogP contribution in [0.4, 0.5) is 17.1 Å². The number of thiophene rings is 1. The first kappa shape index (κ1) is 28.2. The molecule has 0 radical (unpaired) electrons. The molecule has 0 spiro atoms. The van der Waals surface area contributed by atoms with Crippen molar-refractivity contribution in [1.82, 2.24) is 4.98 Å². The molecule has 48 heavy (non-hydrogen) atoms. The van der Waals surface area contributed by atoms with Crippen LogP contribution < -0.4 is 4.90 Å². The molecule has 3 heteroatoms. The maximum atomic E-state index is 4.84. The number of benzene rings is 7. The summed E-state index contributed by atoms with van der Waals surface area (Å²) >= 11 is 1.75. The summed E-state index contributed by atoms with van der Waals surface area (Å²) < 4.78 is 1.27. The summed E-state index contributed by atoms with van der Waals surface area (Å²) in [6.45, 7) is 0. The Hall–Kier alpha value is -6.03. The highest BCUT2D eigenvalue weighted by Gasteiger charge is 2.15. The Morgan fingerprint density at radius 2 is 0.938 bits per heavy atom. The SMILES string of the molecule is c1ccc(-c2ccc(N(c3ccc(-c4cnc5sc6ccccc6c5c4)cc3)c3ccc(-c4cccc5ccccc45)cc3)cc2)cc1. The van der Waals surface area contributed by atoms with E-state index in [4.69, 9.17) is 4.98 Å². The van der Waals surface area contributed by atoms with Crippen LogP contribution in [0.1, 0.15) is 0 Å². The largest absolute Gasteiger partial charge is 0.311 e. The Labute approximate surface area is 283 Å². The predicted molar refractivity (Wildman–Crippen MR) is 206 cm³/mol. The van der Waals surface area contributed by atoms with E-state index in [2.05, 4.69) is 181 Å². The number of nitrogens with zero attached hydrogens (tertiary/aromatic N) is 2. The third-order valence-electron chi connectivity index (χ3n) is 9.15. The Kier molecular flexibility index (Phi) is 7.03. The zero-order valence-electron chi connectivity index (χ0n) is 26.1. The van der Waals surface area contributed by atoms with Crippen molar-refractivity contribution in [3.05, 3.63) is 182 Å². The van der Waals surface area contributed by atoms with Crippen molar-refractivity contribution < 1.29 is 0 Å². The van der Waals surface area contributed by atoms with Gasteiger partial charge in [0, 0.05) is 44.3 Å². The van der Waals surface area contributed by atoms with E-state index in [1.807, 2.05) is 6.20 Å². The molecule has 226 valence electrons. The molecule has 9 rings (SSSR count). The van der Waals surface area contributed by atoms with Crippen LogP contribution >= 0.6 is 11.3 Å². The fourth-order valence-electron chi connectivity index (χ4n) is 6.72. The number of anilines is 3. The molecule has 2 aromatic heterocycles. The summed E-state index contributed by atoms with van der Waals surface area (Å²) in [7, 11) is 0. The van der Waals surface area contributed by atoms with Crippen LogP contribution in [-0.4, -0.2) is 4.98 Å². The van der Waals surface area contributed by atoms with Crippen LogP contribution in [-0.2, 0) is 0 Å². The van der Waals surface area contributed by atoms with Gasteiger partial charge in [0.25, 0.3) is 0 Å². The number of fused-ring (bicyclic) bond motifs is 4. The molecule has 9 aromatic rings. The van der Waals surface area contributed by atoms with Crippen molar-refractivity contribution in [3.63, 3.8) is 0 Å². The monoisotopic (exact) mass is 630 g/mol. The summed E-state index contributed by atoms with van der Waals surface area (Å²) in [5, 5.41) is 4.99. The van der Waals surface area contributed by atoms with Gasteiger partial charge in [0.05, 0.1) is 0 Å². The molecule has 2 nitrogen and oxygen atoms in total. The number of aromatic nitrogens is 1. The lowest BCUT2D eigenvalue weighted by Crippen LogP contribution is -2.09. The first-order valence-corrected chi connectivity index (χ1v) is 17.0. The van der Waals surface area contributed by atoms with Gasteiger partial charge in [-0.25, -0.2) is 4.98 Å². The topological polar surface area (TPSA) is 16.1 Å². The van der Waals surface area contributed by atoms with Crippen molar-refractivity contribution in [2.45, 2.75) is 0 Å². The summed E-state index contributed by atoms with van der Waals surface area (Å²) in [6.07, 6.45) is 2.00. The normalized spacial score (nSPS) is 11.3. The van der Waals surface area contributed by atoms with Gasteiger partial charge in [-0.05, 0) is 87.1 Å². The smallest absolute Gasteiger partial charge is 0.124 e. The highest BCUT2D eigenvalue weighted by molar-refractivity contribution is 7.25. The number of pyridine rings is 1. The van der Waals surface area contributed by atoms with Gasteiger partial charge in [-0.2, -0.15) is 0 Å². The van der Waals surface area contributed by atoms with Gasteiger partial charge in [-0.3, -0.25) is 0 Å². The molecule has 0 aliphatic heterocycles. The zero-order valence-corrected chi connectivity index (χ0v) is 26.9. The maximum Gasteiger partial charge on any atom is 0.124 e. The van der Waals surface area contributed by atoms with Crippen molar-refractivity contribution >= 4 is 59.5 Å². The third kappa shape index (κ3) is 5.11. The van der Waals surface area contributed by atoms with Crippen LogP contribution in [0.2, 0.25) is 0 Å². The van der Waals surface area contributed by atoms with Crippen LogP contribution in [0.15, 0.2) is 182 Å². The molecular formula is C45H30N2S. The standard InChI is InChI=1S/C45H30N2S/c1-2-9-31(10-3-1)32-17-23-37(24-18-32)47(39-27-21-35(22-28-39)41-15-8-12-34-11-4-5-13-40(34)41)38-25-19-33(20-26-38)36-29-43-42-14-6-7-16-44(42)48-45(43)46-30-36/h1-30H. The van der Waals surface area contributed by atoms with E-state index in [1.165, 1.54) is 48.5 Å². The zero-order chi connectivity index (χ0) is 31.9. The Balaban J connectivity index is 1.10. The molecule has 0 saturated heterocycles. The Bertz CT molecular complexity index is 2530. The van der Waals surface area contributed by atoms with Crippen molar-refractivity contribution in [2.24, 2.45) is 0 Å². The van der Waals surface area contributed by atoms with Gasteiger partial charge in [-0.15, -0.1) is 11.3 Å². The second kappa shape index (κ2) is 12.0. The highest BCUT2D eigenvalue weighted by Crippen LogP contribution is 2.39. The molecule has 0 bridgehead atoms. The van der Waals surface area contributed by atoms with Crippen molar-refractivity contribution in [1.29, 1.82) is 0 Å². The molecule has 0 atom stereocenters. The van der Waals surface area contributed by atoms with E-state index in [0.29, 0.717) is 0 Å². The maximum absolute atomic E-state index is 4.84. The quantitative estimate of drug-likeness (QED) is 0.182. The summed E-state index contributed by atoms with van der Waals surface area (Å²) in [6, 6.07) is 63.1. The molecular weight excluding hydrogens is 601 g/mol. The number of hydrogen-bond donors (Lipinski definition) is 0. The molecule has 0 saturated carbocycles. The van der Waals surface area contributed by atoms with Gasteiger partial charge in [0.2, 0.25) is 0 Å². The van der Waals surface area contributed by atoms with E-state index in [9.17, 15) is 0 Å². The summed E-state index contributed by atoms with van der Waals surface area (Å²) in [4.78, 5) is 8.25. The fraction of sp³-hybridized carbons (Fsp3) is 0. The first-order chi connectivity index (χ1) is 23.8. The van der Waals surface area contributed by atoms with Crippen molar-refractivity contribution in [3.8, 4) is 33.4 Å². The molecule has 0 aliphatic rings. The van der Waals surface area contributed by atoms with E-state index in [-0.39, 0.29) is 0 Å². The minimum absolute atomic E-state index is 1.08. The van der Waals surface area contributed by atoms with E-state index in [0.717, 1.165) is 33.0 Å². The van der Waals surface area contributed by atoms with Crippen LogP contribution in [0.3, 0.4) is 0 Å². The minimum atomic E-state index is 1.08. The molecule has 2 heterocycles. The molecule has 0 unspecified atom stereocenters. The van der Waals surface area contributed by atoms with E-state index >= 15 is 0 Å². The van der Waals surface area contributed by atoms with Gasteiger partial charge in [0.15, 0.2) is 0 Å². The van der Waals surface area contributed by atoms with Crippen LogP contribution in [0.25, 0.3) is 64.5 Å². The second-order valence-corrected chi connectivity index (χ2v) is 13.1. The molecule has 0 aliphatic carbocycles. The van der Waals surface area contributed by atoms with Gasteiger partial charge >= 0.3 is 0 Å². The van der Waals surface area contributed by atoms with E-state index < -0.39 is 0 Å². The average molecular weight is 631 g/mol. The fourth-order valence-corrected chi connectivity index (χ4v) is 7.74. The van der Waals surface area contributed by atoms with Gasteiger partial charge in [0.1, 0.15) is 4.83 Å². The van der Waals surface area contributed by atoms with Gasteiger partial charge in [-0.1, -0.05) is 127 Å². The summed E-state index contributed by atoms with van der Waals surface area (Å²) in [5.41, 5.74) is 10.4. The van der Waals surface area contributed by atoms with E-state index in [1.54, 1.807) is 11.3 Å². The number of hydrogen-bond acceptors (Lipinski definition) is 3. The predicted octanol–water partition coefficient (Wildman–Crippen LogP) is 13.1. The average Bonchev–Trinajstić information content (AvgIpc) is 3.54. The number of rotatable bonds is 6. The lowest BCUT2D eigenvalue weighted by Gasteiger charge is -2.26. The Morgan fingerprint density at radius 3 is 1.65 bits per heavy atom. The first-order valence-electron chi connectivity index (χ1n) is 16.2. The molecule has 0 N–H and O–H groups in total. The van der Waals surface area contributed by atoms with Crippen LogP contribution in [0.5, 0.6) is 0 Å². The lowest BCUT2D eigenvalue weighted by molar-refractivity contribution is 1.28.